The average Bonchev–Trinajstić information content (AvgIpc) is 3.01. The molecule has 0 aliphatic rings. The largest absolute Gasteiger partial charge is 0.465 e. The van der Waals surface area contributed by atoms with Gasteiger partial charge in [-0.05, 0) is 24.3 Å². The molecular weight excluding hydrogens is 380 g/mol. The van der Waals surface area contributed by atoms with Crippen molar-refractivity contribution in [3.63, 3.8) is 0 Å². The molecule has 1 aromatic heterocycles. The van der Waals surface area contributed by atoms with Crippen molar-refractivity contribution in [2.75, 3.05) is 12.4 Å². The number of halogens is 4. The van der Waals surface area contributed by atoms with Crippen LogP contribution in [0.2, 0.25) is 0 Å². The summed E-state index contributed by atoms with van der Waals surface area (Å²) in [5.41, 5.74) is -1.81. The Bertz CT molecular complexity index is 864. The van der Waals surface area contributed by atoms with E-state index in [1.165, 1.54) is 18.6 Å². The fourth-order valence-electron chi connectivity index (χ4n) is 1.82. The van der Waals surface area contributed by atoms with Crippen molar-refractivity contribution in [1.29, 1.82) is 0 Å². The van der Waals surface area contributed by atoms with Gasteiger partial charge in [-0.3, -0.25) is 15.4 Å². The number of alkyl halides is 3. The molecule has 26 heavy (non-hydrogen) atoms. The summed E-state index contributed by atoms with van der Waals surface area (Å²) in [6.45, 7) is 0. The van der Waals surface area contributed by atoms with Crippen molar-refractivity contribution >= 4 is 34.2 Å². The fraction of sp³-hybridized carbons (Fsp3) is 0.133. The van der Waals surface area contributed by atoms with Crippen LogP contribution in [0, 0.1) is 5.82 Å². The van der Waals surface area contributed by atoms with E-state index in [4.69, 9.17) is 0 Å². The third-order valence-electron chi connectivity index (χ3n) is 3.03. The average molecular weight is 390 g/mol. The van der Waals surface area contributed by atoms with Gasteiger partial charge in [-0.25, -0.2) is 14.0 Å². The first-order valence-electron chi connectivity index (χ1n) is 6.77. The first-order valence-corrected chi connectivity index (χ1v) is 7.65. The second-order valence-electron chi connectivity index (χ2n) is 4.79. The minimum atomic E-state index is -4.76. The number of urea groups is 1. The number of rotatable bonds is 3. The second kappa shape index (κ2) is 7.52. The minimum absolute atomic E-state index is 0.161. The van der Waals surface area contributed by atoms with Crippen LogP contribution in [0.3, 0.4) is 0 Å². The monoisotopic (exact) mass is 390 g/mol. The minimum Gasteiger partial charge on any atom is -0.465 e. The highest BCUT2D eigenvalue weighted by atomic mass is 32.1. The van der Waals surface area contributed by atoms with Crippen LogP contribution in [0.25, 0.3) is 0 Å². The van der Waals surface area contributed by atoms with Gasteiger partial charge in [-0.2, -0.15) is 13.2 Å². The lowest BCUT2D eigenvalue weighted by Crippen LogP contribution is -2.34. The quantitative estimate of drug-likeness (QED) is 0.619. The lowest BCUT2D eigenvalue weighted by atomic mass is 10.1. The Labute approximate surface area is 147 Å². The number of ether oxygens (including phenoxy) is 1. The number of nitrogens with one attached hydrogen (secondary N) is 2. The summed E-state index contributed by atoms with van der Waals surface area (Å²) in [5.74, 6) is -3.27. The predicted octanol–water partition coefficient (Wildman–Crippen LogP) is 3.65. The van der Waals surface area contributed by atoms with Crippen molar-refractivity contribution < 1.29 is 36.7 Å². The van der Waals surface area contributed by atoms with Crippen LogP contribution in [0.4, 0.5) is 27.4 Å². The number of anilines is 1. The Morgan fingerprint density at radius 1 is 1.15 bits per heavy atom. The van der Waals surface area contributed by atoms with E-state index in [2.05, 4.69) is 10.1 Å². The number of thiophene rings is 1. The van der Waals surface area contributed by atoms with Crippen LogP contribution in [-0.2, 0) is 10.9 Å². The lowest BCUT2D eigenvalue weighted by Gasteiger charge is -2.09. The van der Waals surface area contributed by atoms with E-state index in [1.54, 1.807) is 5.32 Å². The van der Waals surface area contributed by atoms with Crippen molar-refractivity contribution in [2.45, 2.75) is 6.18 Å². The number of esters is 1. The molecule has 0 aliphatic carbocycles. The maximum Gasteiger partial charge on any atom is 0.416 e. The van der Waals surface area contributed by atoms with Gasteiger partial charge in [0.1, 0.15) is 5.82 Å². The molecule has 1 heterocycles. The van der Waals surface area contributed by atoms with Crippen LogP contribution in [-0.4, -0.2) is 25.0 Å². The molecule has 1 aromatic carbocycles. The van der Waals surface area contributed by atoms with Gasteiger partial charge in [0.2, 0.25) is 0 Å². The van der Waals surface area contributed by atoms with E-state index in [9.17, 15) is 31.9 Å². The normalized spacial score (nSPS) is 11.0. The first kappa shape index (κ1) is 19.4. The van der Waals surface area contributed by atoms with Gasteiger partial charge in [-0.15, -0.1) is 11.3 Å². The summed E-state index contributed by atoms with van der Waals surface area (Å²) in [6, 6.07) is 1.56. The van der Waals surface area contributed by atoms with Crippen molar-refractivity contribution in [1.82, 2.24) is 5.32 Å². The number of carbonyl (C=O) groups excluding carboxylic acids is 3. The van der Waals surface area contributed by atoms with E-state index in [0.29, 0.717) is 12.1 Å². The molecule has 6 nitrogen and oxygen atoms in total. The van der Waals surface area contributed by atoms with Gasteiger partial charge in [0.15, 0.2) is 0 Å². The molecule has 2 aromatic rings. The van der Waals surface area contributed by atoms with E-state index in [-0.39, 0.29) is 16.6 Å². The number of methoxy groups -OCH3 is 1. The third kappa shape index (κ3) is 4.57. The molecule has 0 atom stereocenters. The van der Waals surface area contributed by atoms with Crippen LogP contribution in [0.5, 0.6) is 0 Å². The molecule has 0 bridgehead atoms. The fourth-order valence-corrected chi connectivity index (χ4v) is 2.58. The predicted molar refractivity (Wildman–Crippen MR) is 83.5 cm³/mol. The zero-order valence-corrected chi connectivity index (χ0v) is 13.8. The van der Waals surface area contributed by atoms with Crippen LogP contribution in [0.1, 0.15) is 26.3 Å². The zero-order valence-electron chi connectivity index (χ0n) is 12.9. The Hall–Kier alpha value is -2.95. The van der Waals surface area contributed by atoms with Gasteiger partial charge in [0, 0.05) is 5.38 Å². The molecule has 0 spiro atoms. The highest BCUT2D eigenvalue weighted by molar-refractivity contribution is 7.14. The van der Waals surface area contributed by atoms with Crippen LogP contribution in [0.15, 0.2) is 29.6 Å². The Morgan fingerprint density at radius 3 is 2.42 bits per heavy atom. The van der Waals surface area contributed by atoms with E-state index >= 15 is 0 Å². The number of imide groups is 1. The smallest absolute Gasteiger partial charge is 0.416 e. The Kier molecular flexibility index (Phi) is 5.60. The summed E-state index contributed by atoms with van der Waals surface area (Å²) >= 11 is 0.969. The molecule has 0 aliphatic heterocycles. The summed E-state index contributed by atoms with van der Waals surface area (Å²) in [5, 5.41) is 5.61. The molecule has 0 saturated carbocycles. The molecule has 0 radical (unpaired) electrons. The number of hydrogen-bond acceptors (Lipinski definition) is 5. The number of carbonyl (C=O) groups is 3. The molecule has 2 rings (SSSR count). The van der Waals surface area contributed by atoms with E-state index in [1.807, 2.05) is 0 Å². The number of benzene rings is 1. The highest BCUT2D eigenvalue weighted by Crippen LogP contribution is 2.30. The topological polar surface area (TPSA) is 84.5 Å². The third-order valence-corrected chi connectivity index (χ3v) is 3.87. The Balaban J connectivity index is 2.04. The van der Waals surface area contributed by atoms with Gasteiger partial charge < -0.3 is 4.74 Å². The van der Waals surface area contributed by atoms with E-state index in [0.717, 1.165) is 11.3 Å². The van der Waals surface area contributed by atoms with Gasteiger partial charge in [0.25, 0.3) is 5.91 Å². The molecule has 2 N–H and O–H groups in total. The zero-order chi connectivity index (χ0) is 19.5. The lowest BCUT2D eigenvalue weighted by molar-refractivity contribution is -0.137. The highest BCUT2D eigenvalue weighted by Gasteiger charge is 2.31. The maximum absolute atomic E-state index is 13.7. The molecule has 3 amide bonds. The Morgan fingerprint density at radius 2 is 1.85 bits per heavy atom. The second-order valence-corrected chi connectivity index (χ2v) is 5.70. The standard InChI is InChI=1S/C15H10F4N2O4S/c1-25-13(23)7-4-11(26-6-7)20-14(24)21-12(22)9-3-2-8(5-10(9)16)15(17,18)19/h2-6H,1H3,(H2,20,21,22,24). The molecular formula is C15H10F4N2O4S. The van der Waals surface area contributed by atoms with Crippen molar-refractivity contribution in [2.24, 2.45) is 0 Å². The molecule has 0 saturated heterocycles. The van der Waals surface area contributed by atoms with Gasteiger partial charge in [-0.1, -0.05) is 0 Å². The summed E-state index contributed by atoms with van der Waals surface area (Å²) in [4.78, 5) is 34.8. The molecule has 0 fully saturated rings. The summed E-state index contributed by atoms with van der Waals surface area (Å²) in [7, 11) is 1.18. The van der Waals surface area contributed by atoms with Crippen LogP contribution < -0.4 is 10.6 Å². The van der Waals surface area contributed by atoms with E-state index < -0.39 is 41.0 Å². The van der Waals surface area contributed by atoms with Gasteiger partial charge in [0.05, 0.1) is 28.8 Å². The van der Waals surface area contributed by atoms with Gasteiger partial charge >= 0.3 is 18.2 Å². The summed E-state index contributed by atoms with van der Waals surface area (Å²) in [6.07, 6.45) is -4.76. The van der Waals surface area contributed by atoms with Crippen molar-refractivity contribution in [3.05, 3.63) is 52.2 Å². The molecule has 11 heteroatoms. The maximum atomic E-state index is 13.7. The first-order chi connectivity index (χ1) is 12.1. The summed E-state index contributed by atoms with van der Waals surface area (Å²) < 4.78 is 55.6. The van der Waals surface area contributed by atoms with Crippen LogP contribution >= 0.6 is 11.3 Å². The SMILES string of the molecule is COC(=O)c1csc(NC(=O)NC(=O)c2ccc(C(F)(F)F)cc2F)c1. The molecule has 0 unspecified atom stereocenters. The molecule has 138 valence electrons. The van der Waals surface area contributed by atoms with Crippen molar-refractivity contribution in [3.8, 4) is 0 Å². The number of hydrogen-bond donors (Lipinski definition) is 2. The number of amides is 3.